The number of hydrogen-bond donors (Lipinski definition) is 1. The summed E-state index contributed by atoms with van der Waals surface area (Å²) in [6, 6.07) is 13.0. The third-order valence-electron chi connectivity index (χ3n) is 4.08. The van der Waals surface area contributed by atoms with Crippen LogP contribution in [0.25, 0.3) is 0 Å². The highest BCUT2D eigenvalue weighted by molar-refractivity contribution is 5.93. The van der Waals surface area contributed by atoms with Crippen LogP contribution in [0.1, 0.15) is 45.4 Å². The monoisotopic (exact) mass is 299 g/mol. The van der Waals surface area contributed by atoms with Crippen molar-refractivity contribution >= 4 is 11.9 Å². The molecule has 5 nitrogen and oxygen atoms in total. The minimum absolute atomic E-state index is 0.0931. The third-order valence-corrected chi connectivity index (χ3v) is 4.08. The van der Waals surface area contributed by atoms with E-state index in [-0.39, 0.29) is 17.4 Å². The van der Waals surface area contributed by atoms with Crippen LogP contribution in [0, 0.1) is 0 Å². The van der Waals surface area contributed by atoms with Gasteiger partial charge in [-0.05, 0) is 36.5 Å². The first kappa shape index (κ1) is 14.4. The Morgan fingerprint density at radius 3 is 2.23 bits per heavy atom. The predicted molar refractivity (Wildman–Crippen MR) is 80.0 cm³/mol. The number of nitrogens with zero attached hydrogens (tertiary/aromatic N) is 1. The van der Waals surface area contributed by atoms with Crippen LogP contribution < -0.4 is 0 Å². The molecule has 0 unspecified atom stereocenters. The van der Waals surface area contributed by atoms with Gasteiger partial charge >= 0.3 is 5.97 Å². The second kappa shape index (κ2) is 6.05. The van der Waals surface area contributed by atoms with Crippen molar-refractivity contribution in [3.8, 4) is 0 Å². The molecular weight excluding hydrogens is 282 g/mol. The van der Waals surface area contributed by atoms with Crippen LogP contribution in [0.3, 0.4) is 0 Å². The van der Waals surface area contributed by atoms with Gasteiger partial charge in [-0.25, -0.2) is 4.79 Å². The molecule has 0 aliphatic carbocycles. The Balaban J connectivity index is 1.63. The summed E-state index contributed by atoms with van der Waals surface area (Å²) in [5, 5.41) is 8.83. The standard InChI is InChI=1S/C17H17NO4/c19-16(14-6-7-15(22-14)17(20)21)18-10-8-13(9-11-18)12-4-2-1-3-5-12/h1-7,13H,8-11H2,(H,20,21). The van der Waals surface area contributed by atoms with Gasteiger partial charge < -0.3 is 14.4 Å². The first-order chi connectivity index (χ1) is 10.6. The van der Waals surface area contributed by atoms with Gasteiger partial charge in [0.25, 0.3) is 5.91 Å². The van der Waals surface area contributed by atoms with Gasteiger partial charge in [-0.3, -0.25) is 4.79 Å². The van der Waals surface area contributed by atoms with Gasteiger partial charge in [0.15, 0.2) is 5.76 Å². The average Bonchev–Trinajstić information content (AvgIpc) is 3.05. The Morgan fingerprint density at radius 1 is 1.00 bits per heavy atom. The normalized spacial score (nSPS) is 15.7. The van der Waals surface area contributed by atoms with Gasteiger partial charge in [0, 0.05) is 13.1 Å². The molecule has 5 heteroatoms. The second-order valence-corrected chi connectivity index (χ2v) is 5.45. The molecule has 1 fully saturated rings. The number of aromatic carboxylic acids is 1. The Kier molecular flexibility index (Phi) is 3.96. The Hall–Kier alpha value is -2.56. The summed E-state index contributed by atoms with van der Waals surface area (Å²) in [6.45, 7) is 1.31. The number of carbonyl (C=O) groups excluding carboxylic acids is 1. The van der Waals surface area contributed by atoms with E-state index in [1.54, 1.807) is 4.90 Å². The Morgan fingerprint density at radius 2 is 1.64 bits per heavy atom. The largest absolute Gasteiger partial charge is 0.475 e. The van der Waals surface area contributed by atoms with Gasteiger partial charge in [-0.1, -0.05) is 30.3 Å². The molecule has 1 aliphatic heterocycles. The number of amides is 1. The molecule has 1 aromatic carbocycles. The van der Waals surface area contributed by atoms with Crippen LogP contribution in [0.15, 0.2) is 46.9 Å². The molecule has 3 rings (SSSR count). The Labute approximate surface area is 128 Å². The molecule has 22 heavy (non-hydrogen) atoms. The van der Waals surface area contributed by atoms with Crippen molar-refractivity contribution in [1.82, 2.24) is 4.90 Å². The maximum atomic E-state index is 12.3. The first-order valence-corrected chi connectivity index (χ1v) is 7.32. The van der Waals surface area contributed by atoms with E-state index in [1.165, 1.54) is 17.7 Å². The molecule has 2 aromatic rings. The minimum atomic E-state index is -1.16. The van der Waals surface area contributed by atoms with E-state index in [2.05, 4.69) is 12.1 Å². The highest BCUT2D eigenvalue weighted by Gasteiger charge is 2.26. The molecule has 1 aliphatic rings. The SMILES string of the molecule is O=C(O)c1ccc(C(=O)N2CCC(c3ccccc3)CC2)o1. The summed E-state index contributed by atoms with van der Waals surface area (Å²) in [6.07, 6.45) is 1.81. The molecule has 1 saturated heterocycles. The van der Waals surface area contributed by atoms with Crippen molar-refractivity contribution in [3.05, 3.63) is 59.5 Å². The fourth-order valence-corrected chi connectivity index (χ4v) is 2.86. The molecule has 0 bridgehead atoms. The summed E-state index contributed by atoms with van der Waals surface area (Å²) in [5.41, 5.74) is 1.31. The van der Waals surface area contributed by atoms with Gasteiger partial charge in [-0.2, -0.15) is 0 Å². The zero-order chi connectivity index (χ0) is 15.5. The summed E-state index contributed by atoms with van der Waals surface area (Å²) < 4.78 is 5.08. The van der Waals surface area contributed by atoms with Gasteiger partial charge in [0.1, 0.15) is 0 Å². The smallest absolute Gasteiger partial charge is 0.371 e. The van der Waals surface area contributed by atoms with Crippen LogP contribution in [-0.4, -0.2) is 35.0 Å². The maximum absolute atomic E-state index is 12.3. The average molecular weight is 299 g/mol. The van der Waals surface area contributed by atoms with Crippen molar-refractivity contribution in [2.75, 3.05) is 13.1 Å². The lowest BCUT2D eigenvalue weighted by molar-refractivity contribution is 0.0639. The highest BCUT2D eigenvalue weighted by Crippen LogP contribution is 2.28. The molecule has 1 N–H and O–H groups in total. The number of likely N-dealkylation sites (tertiary alicyclic amines) is 1. The van der Waals surface area contributed by atoms with Crippen molar-refractivity contribution in [3.63, 3.8) is 0 Å². The van der Waals surface area contributed by atoms with E-state index in [0.29, 0.717) is 19.0 Å². The topological polar surface area (TPSA) is 70.8 Å². The molecule has 114 valence electrons. The van der Waals surface area contributed by atoms with Gasteiger partial charge in [0.2, 0.25) is 5.76 Å². The van der Waals surface area contributed by atoms with Crippen LogP contribution in [0.4, 0.5) is 0 Å². The van der Waals surface area contributed by atoms with Gasteiger partial charge in [-0.15, -0.1) is 0 Å². The summed E-state index contributed by atoms with van der Waals surface area (Å²) in [4.78, 5) is 24.8. The number of benzene rings is 1. The lowest BCUT2D eigenvalue weighted by Gasteiger charge is -2.31. The first-order valence-electron chi connectivity index (χ1n) is 7.32. The number of carboxylic acid groups (broad SMARTS) is 1. The fourth-order valence-electron chi connectivity index (χ4n) is 2.86. The second-order valence-electron chi connectivity index (χ2n) is 5.45. The summed E-state index contributed by atoms with van der Waals surface area (Å²) in [7, 11) is 0. The number of carbonyl (C=O) groups is 2. The number of hydrogen-bond acceptors (Lipinski definition) is 3. The van der Waals surface area contributed by atoms with E-state index < -0.39 is 5.97 Å². The van der Waals surface area contributed by atoms with Crippen molar-refractivity contribution in [2.24, 2.45) is 0 Å². The van der Waals surface area contributed by atoms with Crippen molar-refractivity contribution < 1.29 is 19.1 Å². The fraction of sp³-hybridized carbons (Fsp3) is 0.294. The van der Waals surface area contributed by atoms with Crippen LogP contribution >= 0.6 is 0 Å². The molecular formula is C17H17NO4. The van der Waals surface area contributed by atoms with Crippen molar-refractivity contribution in [1.29, 1.82) is 0 Å². The van der Waals surface area contributed by atoms with Crippen LogP contribution in [-0.2, 0) is 0 Å². The van der Waals surface area contributed by atoms with E-state index in [1.807, 2.05) is 18.2 Å². The number of furan rings is 1. The van der Waals surface area contributed by atoms with E-state index in [4.69, 9.17) is 9.52 Å². The zero-order valence-corrected chi connectivity index (χ0v) is 12.1. The summed E-state index contributed by atoms with van der Waals surface area (Å²) in [5.74, 6) is -1.05. The lowest BCUT2D eigenvalue weighted by atomic mass is 9.89. The minimum Gasteiger partial charge on any atom is -0.475 e. The van der Waals surface area contributed by atoms with E-state index >= 15 is 0 Å². The Bertz CT molecular complexity index is 669. The number of carboxylic acids is 1. The van der Waals surface area contributed by atoms with Gasteiger partial charge in [0.05, 0.1) is 0 Å². The predicted octanol–water partition coefficient (Wildman–Crippen LogP) is 3.00. The molecule has 1 aromatic heterocycles. The molecule has 1 amide bonds. The van der Waals surface area contributed by atoms with E-state index in [0.717, 1.165) is 12.8 Å². The molecule has 0 atom stereocenters. The highest BCUT2D eigenvalue weighted by atomic mass is 16.4. The number of rotatable bonds is 3. The zero-order valence-electron chi connectivity index (χ0n) is 12.1. The molecule has 2 heterocycles. The quantitative estimate of drug-likeness (QED) is 0.945. The summed E-state index contributed by atoms with van der Waals surface area (Å²) >= 11 is 0. The van der Waals surface area contributed by atoms with Crippen LogP contribution in [0.2, 0.25) is 0 Å². The lowest BCUT2D eigenvalue weighted by Crippen LogP contribution is -2.37. The molecule has 0 spiro atoms. The molecule has 0 saturated carbocycles. The third kappa shape index (κ3) is 2.88. The molecule has 0 radical (unpaired) electrons. The van der Waals surface area contributed by atoms with E-state index in [9.17, 15) is 9.59 Å². The number of piperidine rings is 1. The van der Waals surface area contributed by atoms with Crippen molar-refractivity contribution in [2.45, 2.75) is 18.8 Å². The van der Waals surface area contributed by atoms with Crippen LogP contribution in [0.5, 0.6) is 0 Å². The maximum Gasteiger partial charge on any atom is 0.371 e.